The van der Waals surface area contributed by atoms with Gasteiger partial charge in [-0.15, -0.1) is 0 Å². The number of nitrogens with one attached hydrogen (secondary N) is 1. The fraction of sp³-hybridized carbons (Fsp3) is 0.846. The summed E-state index contributed by atoms with van der Waals surface area (Å²) in [7, 11) is 2.11. The second-order valence-electron chi connectivity index (χ2n) is 5.84. The van der Waals surface area contributed by atoms with Gasteiger partial charge in [0.05, 0.1) is 0 Å². The summed E-state index contributed by atoms with van der Waals surface area (Å²) in [5.74, 6) is 0.580. The minimum atomic E-state index is -0.414. The molecule has 0 spiro atoms. The molecule has 1 rings (SSSR count). The van der Waals surface area contributed by atoms with E-state index in [0.717, 1.165) is 13.1 Å². The van der Waals surface area contributed by atoms with Crippen molar-refractivity contribution in [3.05, 3.63) is 0 Å². The van der Waals surface area contributed by atoms with Crippen LogP contribution in [0.5, 0.6) is 0 Å². The first-order valence-corrected chi connectivity index (χ1v) is 6.58. The number of hydrogen-bond acceptors (Lipinski definition) is 4. The van der Waals surface area contributed by atoms with E-state index < -0.39 is 6.03 Å². The zero-order valence-electron chi connectivity index (χ0n) is 12.4. The standard InChI is InChI=1S/C8H17N3O.C5H10O2/c1-11-4-2-3-7(6-11)5-10-8(9)12;1-5(2,3)7-4-6/h7H,2-6H2,1H3,(H3,9,10,12);4H,1-3H3. The van der Waals surface area contributed by atoms with Crippen molar-refractivity contribution < 1.29 is 14.3 Å². The summed E-state index contributed by atoms with van der Waals surface area (Å²) in [5.41, 5.74) is 4.66. The molecule has 1 aliphatic rings. The number of primary amides is 1. The molecular formula is C13H27N3O3. The van der Waals surface area contributed by atoms with Crippen LogP contribution in [0.1, 0.15) is 33.6 Å². The van der Waals surface area contributed by atoms with E-state index >= 15 is 0 Å². The van der Waals surface area contributed by atoms with Crippen molar-refractivity contribution in [1.82, 2.24) is 10.2 Å². The average molecular weight is 273 g/mol. The first-order valence-electron chi connectivity index (χ1n) is 6.58. The van der Waals surface area contributed by atoms with Gasteiger partial charge in [0.1, 0.15) is 5.60 Å². The lowest BCUT2D eigenvalue weighted by Gasteiger charge is -2.29. The zero-order valence-corrected chi connectivity index (χ0v) is 12.4. The highest BCUT2D eigenvalue weighted by Gasteiger charge is 2.16. The Balaban J connectivity index is 0.000000399. The number of nitrogens with zero attached hydrogens (tertiary/aromatic N) is 1. The van der Waals surface area contributed by atoms with Crippen LogP contribution < -0.4 is 11.1 Å². The third-order valence-corrected chi connectivity index (χ3v) is 2.69. The van der Waals surface area contributed by atoms with Crippen LogP contribution in [0.2, 0.25) is 0 Å². The molecule has 19 heavy (non-hydrogen) atoms. The van der Waals surface area contributed by atoms with Crippen LogP contribution in [0.15, 0.2) is 0 Å². The van der Waals surface area contributed by atoms with Gasteiger partial charge in [-0.05, 0) is 53.1 Å². The Labute approximate surface area is 115 Å². The van der Waals surface area contributed by atoms with Crippen LogP contribution in [-0.2, 0) is 9.53 Å². The Morgan fingerprint density at radius 3 is 2.53 bits per heavy atom. The maximum atomic E-state index is 10.4. The van der Waals surface area contributed by atoms with Gasteiger partial charge in [-0.3, -0.25) is 4.79 Å². The molecule has 6 nitrogen and oxygen atoms in total. The number of ether oxygens (including phenoxy) is 1. The smallest absolute Gasteiger partial charge is 0.312 e. The van der Waals surface area contributed by atoms with Gasteiger partial charge in [0.2, 0.25) is 0 Å². The average Bonchev–Trinajstić information content (AvgIpc) is 2.25. The number of carbonyl (C=O) groups is 2. The van der Waals surface area contributed by atoms with Crippen molar-refractivity contribution in [1.29, 1.82) is 0 Å². The lowest BCUT2D eigenvalue weighted by atomic mass is 9.99. The van der Waals surface area contributed by atoms with Gasteiger partial charge in [-0.1, -0.05) is 0 Å². The topological polar surface area (TPSA) is 84.7 Å². The lowest BCUT2D eigenvalue weighted by molar-refractivity contribution is -0.138. The first kappa shape index (κ1) is 17.7. The second-order valence-corrected chi connectivity index (χ2v) is 5.84. The molecule has 0 aromatic rings. The van der Waals surface area contributed by atoms with Gasteiger partial charge >= 0.3 is 6.03 Å². The first-order chi connectivity index (χ1) is 8.74. The summed E-state index contributed by atoms with van der Waals surface area (Å²) >= 11 is 0. The molecule has 1 fully saturated rings. The van der Waals surface area contributed by atoms with Gasteiger partial charge in [-0.25, -0.2) is 4.79 Å². The van der Waals surface area contributed by atoms with E-state index in [0.29, 0.717) is 12.4 Å². The number of hydrogen-bond donors (Lipinski definition) is 2. The van der Waals surface area contributed by atoms with Gasteiger partial charge in [0, 0.05) is 13.1 Å². The molecule has 0 radical (unpaired) electrons. The highest BCUT2D eigenvalue weighted by atomic mass is 16.5. The predicted octanol–water partition coefficient (Wildman–Crippen LogP) is 0.954. The summed E-state index contributed by atoms with van der Waals surface area (Å²) in [6, 6.07) is -0.414. The normalized spacial score (nSPS) is 19.9. The SMILES string of the molecule is CC(C)(C)OC=O.CN1CCCC(CNC(N)=O)C1. The molecule has 6 heteroatoms. The third kappa shape index (κ3) is 11.5. The van der Waals surface area contributed by atoms with Gasteiger partial charge in [-0.2, -0.15) is 0 Å². The summed E-state index contributed by atoms with van der Waals surface area (Å²) < 4.78 is 4.55. The summed E-state index contributed by atoms with van der Waals surface area (Å²) in [6.45, 7) is 8.89. The van der Waals surface area contributed by atoms with Crippen molar-refractivity contribution in [2.45, 2.75) is 39.2 Å². The lowest BCUT2D eigenvalue weighted by Crippen LogP contribution is -2.40. The van der Waals surface area contributed by atoms with E-state index in [1.807, 2.05) is 20.8 Å². The van der Waals surface area contributed by atoms with E-state index in [9.17, 15) is 9.59 Å². The van der Waals surface area contributed by atoms with Crippen LogP contribution in [0.4, 0.5) is 4.79 Å². The van der Waals surface area contributed by atoms with E-state index in [1.54, 1.807) is 0 Å². The third-order valence-electron chi connectivity index (χ3n) is 2.69. The molecule has 0 aliphatic carbocycles. The fourth-order valence-corrected chi connectivity index (χ4v) is 1.83. The molecule has 0 bridgehead atoms. The Morgan fingerprint density at radius 2 is 2.16 bits per heavy atom. The molecule has 1 unspecified atom stereocenters. The minimum Gasteiger partial charge on any atom is -0.462 e. The molecule has 2 amide bonds. The van der Waals surface area contributed by atoms with E-state index in [2.05, 4.69) is 22.0 Å². The highest BCUT2D eigenvalue weighted by Crippen LogP contribution is 2.13. The maximum Gasteiger partial charge on any atom is 0.312 e. The van der Waals surface area contributed by atoms with E-state index in [1.165, 1.54) is 19.4 Å². The number of carbonyl (C=O) groups excluding carboxylic acids is 2. The Bertz CT molecular complexity index is 277. The van der Waals surface area contributed by atoms with E-state index in [-0.39, 0.29) is 5.60 Å². The van der Waals surface area contributed by atoms with Crippen LogP contribution in [0.25, 0.3) is 0 Å². The quantitative estimate of drug-likeness (QED) is 0.750. The second kappa shape index (κ2) is 8.74. The number of nitrogens with two attached hydrogens (primary N) is 1. The van der Waals surface area contributed by atoms with Crippen LogP contribution in [0.3, 0.4) is 0 Å². The number of piperidine rings is 1. The van der Waals surface area contributed by atoms with Crippen molar-refractivity contribution in [3.8, 4) is 0 Å². The molecule has 1 aliphatic heterocycles. The van der Waals surface area contributed by atoms with Crippen LogP contribution in [-0.4, -0.2) is 49.7 Å². The van der Waals surface area contributed by atoms with Gasteiger partial charge in [0.15, 0.2) is 0 Å². The maximum absolute atomic E-state index is 10.4. The largest absolute Gasteiger partial charge is 0.462 e. The van der Waals surface area contributed by atoms with Crippen molar-refractivity contribution in [3.63, 3.8) is 0 Å². The fourth-order valence-electron chi connectivity index (χ4n) is 1.83. The Hall–Kier alpha value is -1.30. The van der Waals surface area contributed by atoms with Crippen molar-refractivity contribution >= 4 is 12.5 Å². The molecule has 0 aromatic carbocycles. The molecule has 1 saturated heterocycles. The predicted molar refractivity (Wildman–Crippen MR) is 74.7 cm³/mol. The molecule has 1 heterocycles. The number of urea groups is 1. The Kier molecular flexibility index (Phi) is 8.14. The number of likely N-dealkylation sites (tertiary alicyclic amines) is 1. The van der Waals surface area contributed by atoms with Crippen molar-refractivity contribution in [2.24, 2.45) is 11.7 Å². The van der Waals surface area contributed by atoms with Gasteiger partial charge < -0.3 is 20.7 Å². The summed E-state index contributed by atoms with van der Waals surface area (Å²) in [4.78, 5) is 22.3. The number of rotatable bonds is 3. The van der Waals surface area contributed by atoms with E-state index in [4.69, 9.17) is 5.73 Å². The summed E-state index contributed by atoms with van der Waals surface area (Å²) in [6.07, 6.45) is 2.42. The van der Waals surface area contributed by atoms with Gasteiger partial charge in [0.25, 0.3) is 6.47 Å². The monoisotopic (exact) mass is 273 g/mol. The summed E-state index contributed by atoms with van der Waals surface area (Å²) in [5, 5.41) is 2.65. The zero-order chi connectivity index (χ0) is 14.9. The number of amides is 2. The molecule has 112 valence electrons. The molecule has 1 atom stereocenters. The molecule has 0 saturated carbocycles. The van der Waals surface area contributed by atoms with Crippen LogP contribution in [0, 0.1) is 5.92 Å². The van der Waals surface area contributed by atoms with Crippen LogP contribution >= 0.6 is 0 Å². The van der Waals surface area contributed by atoms with Crippen molar-refractivity contribution in [2.75, 3.05) is 26.7 Å². The highest BCUT2D eigenvalue weighted by molar-refractivity contribution is 5.71. The molecule has 0 aromatic heterocycles. The molecular weight excluding hydrogens is 246 g/mol. The minimum absolute atomic E-state index is 0.318. The Morgan fingerprint density at radius 1 is 1.53 bits per heavy atom. The molecule has 3 N–H and O–H groups in total.